The fraction of sp³-hybridized carbons (Fsp3) is 0.333. The monoisotopic (exact) mass is 380 g/mol. The summed E-state index contributed by atoms with van der Waals surface area (Å²) in [5.74, 6) is 0.733. The van der Waals surface area contributed by atoms with Gasteiger partial charge in [-0.15, -0.1) is 11.3 Å². The third-order valence-corrected chi connectivity index (χ3v) is 5.71. The minimum absolute atomic E-state index is 0.652. The molecule has 1 aliphatic rings. The van der Waals surface area contributed by atoms with E-state index >= 15 is 0 Å². The van der Waals surface area contributed by atoms with Gasteiger partial charge >= 0.3 is 6.18 Å². The van der Waals surface area contributed by atoms with Crippen molar-refractivity contribution < 1.29 is 23.1 Å². The first-order chi connectivity index (χ1) is 12.5. The highest BCUT2D eigenvalue weighted by Crippen LogP contribution is 2.28. The van der Waals surface area contributed by atoms with Crippen molar-refractivity contribution in [3.8, 4) is 0 Å². The standard InChI is InChI=1S/C18H17F3N4S/c19-18(20,21)13-5-6-16(22-11-13)25-9-7-24(8-10-25)12-17-23-14-3-1-2-4-15(14)26-17/h1-6,11H,7-10,12H2/p+2. The lowest BCUT2D eigenvalue weighted by molar-refractivity contribution is -0.914. The summed E-state index contributed by atoms with van der Waals surface area (Å²) in [5.41, 5.74) is 0.395. The molecule has 0 saturated carbocycles. The molecule has 0 bridgehead atoms. The molecule has 8 heteroatoms. The van der Waals surface area contributed by atoms with Crippen molar-refractivity contribution in [2.24, 2.45) is 0 Å². The molecule has 2 aromatic heterocycles. The van der Waals surface area contributed by atoms with Gasteiger partial charge in [-0.1, -0.05) is 12.1 Å². The van der Waals surface area contributed by atoms with E-state index in [1.54, 1.807) is 11.3 Å². The zero-order chi connectivity index (χ0) is 18.1. The number of fused-ring (bicyclic) bond motifs is 1. The van der Waals surface area contributed by atoms with Crippen LogP contribution in [0.3, 0.4) is 0 Å². The van der Waals surface area contributed by atoms with Gasteiger partial charge in [-0.3, -0.25) is 4.90 Å². The van der Waals surface area contributed by atoms with E-state index in [9.17, 15) is 13.2 Å². The Morgan fingerprint density at radius 3 is 2.54 bits per heavy atom. The Kier molecular flexibility index (Phi) is 4.54. The first-order valence-electron chi connectivity index (χ1n) is 8.51. The van der Waals surface area contributed by atoms with E-state index in [1.165, 1.54) is 15.7 Å². The number of aromatic nitrogens is 2. The number of aromatic amines is 1. The molecule has 0 radical (unpaired) electrons. The first kappa shape index (κ1) is 17.2. The number of hydrogen-bond donors (Lipinski definition) is 1. The summed E-state index contributed by atoms with van der Waals surface area (Å²) in [4.78, 5) is 11.0. The van der Waals surface area contributed by atoms with Crippen LogP contribution in [0.4, 0.5) is 19.0 Å². The molecule has 0 unspecified atom stereocenters. The number of quaternary nitrogens is 1. The van der Waals surface area contributed by atoms with Crippen LogP contribution in [0.5, 0.6) is 0 Å². The van der Waals surface area contributed by atoms with E-state index in [0.717, 1.165) is 61.3 Å². The van der Waals surface area contributed by atoms with Crippen molar-refractivity contribution in [1.82, 2.24) is 4.98 Å². The molecule has 2 N–H and O–H groups in total. The van der Waals surface area contributed by atoms with Crippen molar-refractivity contribution in [2.45, 2.75) is 12.7 Å². The molecule has 0 atom stereocenters. The van der Waals surface area contributed by atoms with Gasteiger partial charge in [0.15, 0.2) is 0 Å². The fourth-order valence-corrected chi connectivity index (χ4v) is 4.28. The number of H-pyrrole nitrogens is 1. The zero-order valence-electron chi connectivity index (χ0n) is 14.0. The number of hydrogen-bond acceptors (Lipinski definition) is 3. The highest BCUT2D eigenvalue weighted by molar-refractivity contribution is 7.18. The lowest BCUT2D eigenvalue weighted by Gasteiger charge is -2.27. The maximum absolute atomic E-state index is 12.7. The zero-order valence-corrected chi connectivity index (χ0v) is 14.8. The molecule has 3 aromatic rings. The molecule has 136 valence electrons. The normalized spacial score (nSPS) is 16.3. The third kappa shape index (κ3) is 3.66. The smallest absolute Gasteiger partial charge is 0.323 e. The van der Waals surface area contributed by atoms with Crippen molar-refractivity contribution in [2.75, 3.05) is 31.1 Å². The van der Waals surface area contributed by atoms with Gasteiger partial charge in [0.25, 0.3) is 5.82 Å². The molecule has 26 heavy (non-hydrogen) atoms. The van der Waals surface area contributed by atoms with Gasteiger partial charge in [0.05, 0.1) is 15.8 Å². The van der Waals surface area contributed by atoms with E-state index in [-0.39, 0.29) is 0 Å². The van der Waals surface area contributed by atoms with Crippen LogP contribution in [0.2, 0.25) is 0 Å². The van der Waals surface area contributed by atoms with E-state index < -0.39 is 11.7 Å². The molecule has 0 amide bonds. The van der Waals surface area contributed by atoms with Crippen LogP contribution in [0.15, 0.2) is 42.6 Å². The number of thiazole rings is 1. The number of halogens is 3. The van der Waals surface area contributed by atoms with Gasteiger partial charge in [-0.2, -0.15) is 13.2 Å². The number of pyridine rings is 1. The van der Waals surface area contributed by atoms with Crippen molar-refractivity contribution >= 4 is 27.4 Å². The maximum Gasteiger partial charge on any atom is 0.419 e. The Morgan fingerprint density at radius 2 is 1.88 bits per heavy atom. The quantitative estimate of drug-likeness (QED) is 0.755. The molecule has 1 saturated heterocycles. The Balaban J connectivity index is 1.36. The number of piperazine rings is 1. The number of rotatable bonds is 3. The lowest BCUT2D eigenvalue weighted by Crippen LogP contribution is -3.13. The van der Waals surface area contributed by atoms with Crippen LogP contribution in [0.1, 0.15) is 10.6 Å². The second kappa shape index (κ2) is 6.85. The molecule has 0 spiro atoms. The van der Waals surface area contributed by atoms with Gasteiger partial charge < -0.3 is 4.90 Å². The van der Waals surface area contributed by atoms with E-state index in [4.69, 9.17) is 0 Å². The molecular formula is C18H19F3N4S+2. The molecule has 0 aliphatic carbocycles. The highest BCUT2D eigenvalue weighted by atomic mass is 32.1. The molecular weight excluding hydrogens is 361 g/mol. The minimum Gasteiger partial charge on any atom is -0.323 e. The number of nitrogens with one attached hydrogen (secondary N) is 2. The average Bonchev–Trinajstić information content (AvgIpc) is 3.04. The average molecular weight is 380 g/mol. The van der Waals surface area contributed by atoms with Gasteiger partial charge in [0, 0.05) is 6.07 Å². The lowest BCUT2D eigenvalue weighted by atomic mass is 10.2. The van der Waals surface area contributed by atoms with Gasteiger partial charge in [-0.25, -0.2) is 9.97 Å². The molecule has 1 fully saturated rings. The van der Waals surface area contributed by atoms with E-state index in [0.29, 0.717) is 0 Å². The van der Waals surface area contributed by atoms with Crippen LogP contribution < -0.4 is 14.8 Å². The first-order valence-corrected chi connectivity index (χ1v) is 9.32. The van der Waals surface area contributed by atoms with Crippen LogP contribution >= 0.6 is 11.3 Å². The Morgan fingerprint density at radius 1 is 1.12 bits per heavy atom. The Bertz CT molecular complexity index is 850. The predicted molar refractivity (Wildman–Crippen MR) is 94.2 cm³/mol. The number of para-hydroxylation sites is 1. The molecule has 3 heterocycles. The molecule has 4 nitrogen and oxygen atoms in total. The number of benzene rings is 1. The molecule has 1 aliphatic heterocycles. The topological polar surface area (TPSA) is 34.7 Å². The Hall–Kier alpha value is -2.19. The fourth-order valence-electron chi connectivity index (χ4n) is 3.24. The van der Waals surface area contributed by atoms with Crippen LogP contribution in [-0.2, 0) is 12.7 Å². The summed E-state index contributed by atoms with van der Waals surface area (Å²) in [6.45, 7) is 4.38. The maximum atomic E-state index is 12.7. The van der Waals surface area contributed by atoms with Gasteiger partial charge in [0.2, 0.25) is 0 Å². The van der Waals surface area contributed by atoms with Crippen LogP contribution in [-0.4, -0.2) is 31.2 Å². The summed E-state index contributed by atoms with van der Waals surface area (Å²) in [6, 6.07) is 10.8. The van der Waals surface area contributed by atoms with Crippen molar-refractivity contribution in [1.29, 1.82) is 0 Å². The largest absolute Gasteiger partial charge is 0.419 e. The second-order valence-electron chi connectivity index (χ2n) is 6.45. The van der Waals surface area contributed by atoms with Crippen molar-refractivity contribution in [3.05, 3.63) is 53.2 Å². The summed E-state index contributed by atoms with van der Waals surface area (Å²) < 4.78 is 39.2. The summed E-state index contributed by atoms with van der Waals surface area (Å²) in [7, 11) is 0. The van der Waals surface area contributed by atoms with E-state index in [1.807, 2.05) is 18.2 Å². The molecule has 1 aromatic carbocycles. The minimum atomic E-state index is -4.31. The second-order valence-corrected chi connectivity index (χ2v) is 7.56. The number of anilines is 1. The van der Waals surface area contributed by atoms with Crippen molar-refractivity contribution in [3.63, 3.8) is 0 Å². The third-order valence-electron chi connectivity index (χ3n) is 4.67. The Labute approximate surface area is 152 Å². The summed E-state index contributed by atoms with van der Waals surface area (Å²) in [6.07, 6.45) is -3.27. The SMILES string of the molecule is FC(F)(F)c1ccc(N2CC[NH+](Cc3nc4ccccc4s3)CC2)[nH+]c1. The predicted octanol–water partition coefficient (Wildman–Crippen LogP) is 2.03. The highest BCUT2D eigenvalue weighted by Gasteiger charge is 2.33. The van der Waals surface area contributed by atoms with Crippen LogP contribution in [0.25, 0.3) is 10.2 Å². The summed E-state index contributed by atoms with van der Waals surface area (Å²) >= 11 is 1.73. The number of nitrogens with zero attached hydrogens (tertiary/aromatic N) is 2. The van der Waals surface area contributed by atoms with E-state index in [2.05, 4.69) is 20.9 Å². The van der Waals surface area contributed by atoms with Gasteiger partial charge in [-0.05, 0) is 18.2 Å². The van der Waals surface area contributed by atoms with Crippen LogP contribution in [0, 0.1) is 0 Å². The van der Waals surface area contributed by atoms with Gasteiger partial charge in [0.1, 0.15) is 43.9 Å². The number of alkyl halides is 3. The summed E-state index contributed by atoms with van der Waals surface area (Å²) in [5, 5.41) is 1.13. The molecule has 4 rings (SSSR count).